The molecule has 0 amide bonds. The second-order valence-electron chi connectivity index (χ2n) is 3.63. The highest BCUT2D eigenvalue weighted by molar-refractivity contribution is 6.31. The van der Waals surface area contributed by atoms with Crippen molar-refractivity contribution in [1.82, 2.24) is 0 Å². The fraction of sp³-hybridized carbons (Fsp3) is 0.0769. The summed E-state index contributed by atoms with van der Waals surface area (Å²) in [4.78, 5) is 0. The summed E-state index contributed by atoms with van der Waals surface area (Å²) < 4.78 is 18.4. The Balaban J connectivity index is 2.68. The molecular weight excluding hydrogens is 278 g/mol. The van der Waals surface area contributed by atoms with Gasteiger partial charge in [-0.3, -0.25) is 0 Å². The Hall–Kier alpha value is -1.45. The minimum Gasteiger partial charge on any atom is -0.507 e. The number of phenols is 1. The Labute approximate surface area is 114 Å². The number of aromatic hydroxyl groups is 1. The van der Waals surface area contributed by atoms with Crippen LogP contribution in [0.15, 0.2) is 30.3 Å². The van der Waals surface area contributed by atoms with Gasteiger partial charge in [0.2, 0.25) is 0 Å². The van der Waals surface area contributed by atoms with E-state index in [-0.39, 0.29) is 10.8 Å². The summed E-state index contributed by atoms with van der Waals surface area (Å²) in [6.07, 6.45) is 0. The van der Waals surface area contributed by atoms with Crippen LogP contribution >= 0.6 is 23.2 Å². The molecule has 2 aromatic rings. The minimum atomic E-state index is -0.682. The number of hydrogen-bond acceptors (Lipinski definition) is 2. The summed E-state index contributed by atoms with van der Waals surface area (Å²) in [6.45, 7) is 0. The van der Waals surface area contributed by atoms with Gasteiger partial charge in [-0.15, -0.1) is 0 Å². The molecule has 5 heteroatoms. The van der Waals surface area contributed by atoms with Crippen molar-refractivity contribution in [2.45, 2.75) is 0 Å². The Morgan fingerprint density at radius 2 is 1.83 bits per heavy atom. The van der Waals surface area contributed by atoms with Crippen molar-refractivity contribution in [3.63, 3.8) is 0 Å². The fourth-order valence-electron chi connectivity index (χ4n) is 1.64. The molecule has 2 rings (SSSR count). The SMILES string of the molecule is COc1ccc(Cl)cc1-c1cc(Cl)c(F)cc1O. The normalized spacial score (nSPS) is 10.4. The van der Waals surface area contributed by atoms with Crippen molar-refractivity contribution in [2.24, 2.45) is 0 Å². The van der Waals surface area contributed by atoms with Crippen LogP contribution in [0.5, 0.6) is 11.5 Å². The lowest BCUT2D eigenvalue weighted by Gasteiger charge is -2.11. The molecule has 0 saturated carbocycles. The smallest absolute Gasteiger partial charge is 0.145 e. The quantitative estimate of drug-likeness (QED) is 0.880. The molecule has 2 nitrogen and oxygen atoms in total. The maximum absolute atomic E-state index is 13.2. The van der Waals surface area contributed by atoms with E-state index in [1.165, 1.54) is 13.2 Å². The van der Waals surface area contributed by atoms with Crippen LogP contribution in [-0.2, 0) is 0 Å². The molecule has 0 atom stereocenters. The summed E-state index contributed by atoms with van der Waals surface area (Å²) >= 11 is 11.6. The number of hydrogen-bond donors (Lipinski definition) is 1. The van der Waals surface area contributed by atoms with Crippen molar-refractivity contribution in [3.8, 4) is 22.6 Å². The third-order valence-corrected chi connectivity index (χ3v) is 3.02. The molecular formula is C13H9Cl2FO2. The Morgan fingerprint density at radius 3 is 2.50 bits per heavy atom. The van der Waals surface area contributed by atoms with E-state index in [1.807, 2.05) is 0 Å². The minimum absolute atomic E-state index is 0.0789. The maximum atomic E-state index is 13.2. The lowest BCUT2D eigenvalue weighted by molar-refractivity contribution is 0.415. The highest BCUT2D eigenvalue weighted by Gasteiger charge is 2.14. The first-order chi connectivity index (χ1) is 8.52. The van der Waals surface area contributed by atoms with E-state index in [2.05, 4.69) is 0 Å². The monoisotopic (exact) mass is 286 g/mol. The lowest BCUT2D eigenvalue weighted by atomic mass is 10.0. The molecule has 18 heavy (non-hydrogen) atoms. The van der Waals surface area contributed by atoms with E-state index < -0.39 is 5.82 Å². The fourth-order valence-corrected chi connectivity index (χ4v) is 1.98. The maximum Gasteiger partial charge on any atom is 0.145 e. The summed E-state index contributed by atoms with van der Waals surface area (Å²) in [5.41, 5.74) is 0.908. The molecule has 0 spiro atoms. The van der Waals surface area contributed by atoms with Crippen LogP contribution in [0.1, 0.15) is 0 Å². The summed E-state index contributed by atoms with van der Waals surface area (Å²) in [6, 6.07) is 7.22. The highest BCUT2D eigenvalue weighted by atomic mass is 35.5. The number of rotatable bonds is 2. The predicted octanol–water partition coefficient (Wildman–Crippen LogP) is 4.51. The van der Waals surface area contributed by atoms with Gasteiger partial charge in [0.05, 0.1) is 12.1 Å². The van der Waals surface area contributed by atoms with Gasteiger partial charge >= 0.3 is 0 Å². The zero-order chi connectivity index (χ0) is 13.3. The average molecular weight is 287 g/mol. The summed E-state index contributed by atoms with van der Waals surface area (Å²) in [7, 11) is 1.49. The second kappa shape index (κ2) is 5.04. The molecule has 1 N–H and O–H groups in total. The summed E-state index contributed by atoms with van der Waals surface area (Å²) in [5.74, 6) is -0.395. The van der Waals surface area contributed by atoms with Crippen LogP contribution in [0, 0.1) is 5.82 Å². The zero-order valence-corrected chi connectivity index (χ0v) is 10.9. The van der Waals surface area contributed by atoms with Gasteiger partial charge in [0.1, 0.15) is 17.3 Å². The standard InChI is InChI=1S/C13H9Cl2FO2/c1-18-13-3-2-7(14)4-9(13)8-5-10(15)11(16)6-12(8)17/h2-6,17H,1H3. The van der Waals surface area contributed by atoms with E-state index in [0.29, 0.717) is 21.9 Å². The molecule has 0 saturated heterocycles. The number of ether oxygens (including phenoxy) is 1. The molecule has 0 aliphatic rings. The number of phenolic OH excluding ortho intramolecular Hbond substituents is 1. The largest absolute Gasteiger partial charge is 0.507 e. The first-order valence-corrected chi connectivity index (χ1v) is 5.80. The molecule has 0 fully saturated rings. The van der Waals surface area contributed by atoms with E-state index in [0.717, 1.165) is 6.07 Å². The van der Waals surface area contributed by atoms with Crippen LogP contribution in [0.2, 0.25) is 10.0 Å². The van der Waals surface area contributed by atoms with Crippen molar-refractivity contribution in [3.05, 3.63) is 46.2 Å². The Bertz CT molecular complexity index is 600. The molecule has 0 heterocycles. The van der Waals surface area contributed by atoms with E-state index >= 15 is 0 Å². The highest BCUT2D eigenvalue weighted by Crippen LogP contribution is 2.39. The van der Waals surface area contributed by atoms with Gasteiger partial charge in [-0.2, -0.15) is 0 Å². The predicted molar refractivity (Wildman–Crippen MR) is 70.1 cm³/mol. The molecule has 0 bridgehead atoms. The summed E-state index contributed by atoms with van der Waals surface area (Å²) in [5, 5.41) is 10.2. The molecule has 0 unspecified atom stereocenters. The van der Waals surface area contributed by atoms with Crippen LogP contribution < -0.4 is 4.74 Å². The van der Waals surface area contributed by atoms with Gasteiger partial charge in [-0.1, -0.05) is 23.2 Å². The topological polar surface area (TPSA) is 29.5 Å². The van der Waals surface area contributed by atoms with Gasteiger partial charge in [-0.25, -0.2) is 4.39 Å². The molecule has 0 aliphatic heterocycles. The number of benzene rings is 2. The van der Waals surface area contributed by atoms with Crippen molar-refractivity contribution < 1.29 is 14.2 Å². The Morgan fingerprint density at radius 1 is 1.11 bits per heavy atom. The molecule has 94 valence electrons. The number of halogens is 3. The molecule has 2 aromatic carbocycles. The molecule has 0 radical (unpaired) electrons. The van der Waals surface area contributed by atoms with Crippen LogP contribution in [-0.4, -0.2) is 12.2 Å². The van der Waals surface area contributed by atoms with E-state index in [4.69, 9.17) is 27.9 Å². The third-order valence-electron chi connectivity index (χ3n) is 2.49. The molecule has 0 aromatic heterocycles. The first-order valence-electron chi connectivity index (χ1n) is 5.05. The van der Waals surface area contributed by atoms with Crippen molar-refractivity contribution in [2.75, 3.05) is 7.11 Å². The van der Waals surface area contributed by atoms with E-state index in [1.54, 1.807) is 18.2 Å². The Kier molecular flexibility index (Phi) is 3.64. The van der Waals surface area contributed by atoms with Gasteiger partial charge in [0.25, 0.3) is 0 Å². The molecule has 0 aliphatic carbocycles. The van der Waals surface area contributed by atoms with Gasteiger partial charge in [-0.05, 0) is 24.3 Å². The van der Waals surface area contributed by atoms with Crippen LogP contribution in [0.4, 0.5) is 4.39 Å². The zero-order valence-electron chi connectivity index (χ0n) is 9.38. The lowest BCUT2D eigenvalue weighted by Crippen LogP contribution is -1.89. The van der Waals surface area contributed by atoms with E-state index in [9.17, 15) is 9.50 Å². The number of methoxy groups -OCH3 is 1. The van der Waals surface area contributed by atoms with Gasteiger partial charge < -0.3 is 9.84 Å². The average Bonchev–Trinajstić information content (AvgIpc) is 2.34. The van der Waals surface area contributed by atoms with Crippen molar-refractivity contribution in [1.29, 1.82) is 0 Å². The van der Waals surface area contributed by atoms with Crippen molar-refractivity contribution >= 4 is 23.2 Å². The van der Waals surface area contributed by atoms with Crippen LogP contribution in [0.3, 0.4) is 0 Å². The third kappa shape index (κ3) is 2.37. The van der Waals surface area contributed by atoms with Gasteiger partial charge in [0.15, 0.2) is 0 Å². The first kappa shape index (κ1) is 13.0. The second-order valence-corrected chi connectivity index (χ2v) is 4.47. The van der Waals surface area contributed by atoms with Crippen LogP contribution in [0.25, 0.3) is 11.1 Å². The van der Waals surface area contributed by atoms with Gasteiger partial charge in [0, 0.05) is 22.2 Å².